The van der Waals surface area contributed by atoms with E-state index in [1.807, 2.05) is 0 Å². The van der Waals surface area contributed by atoms with Crippen molar-refractivity contribution in [1.29, 1.82) is 0 Å². The molecule has 0 nitrogen and oxygen atoms in total. The molecule has 3 aromatic rings. The van der Waals surface area contributed by atoms with Crippen molar-refractivity contribution >= 4 is 44.7 Å². The average Bonchev–Trinajstić information content (AvgIpc) is 2.58. The molecule has 0 N–H and O–H groups in total. The number of hydrogen-bond donors (Lipinski definition) is 0. The number of halogens is 1. The van der Waals surface area contributed by atoms with Gasteiger partial charge in [0.2, 0.25) is 0 Å². The summed E-state index contributed by atoms with van der Waals surface area (Å²) in [6, 6.07) is 33.1. The first-order valence-corrected chi connectivity index (χ1v) is 14.0. The van der Waals surface area contributed by atoms with E-state index < -0.39 is 6.95 Å². The van der Waals surface area contributed by atoms with Gasteiger partial charge in [-0.1, -0.05) is 0 Å². The Labute approximate surface area is 142 Å². The van der Waals surface area contributed by atoms with E-state index in [9.17, 15) is 0 Å². The first-order valence-electron chi connectivity index (χ1n) is 7.32. The van der Waals surface area contributed by atoms with E-state index in [2.05, 4.69) is 113 Å². The SMILES string of the molecule is CP(Br)[PH](c1ccccc1)(c1ccccc1)c1ccccc1. The predicted molar refractivity (Wildman–Crippen MR) is 108 cm³/mol. The van der Waals surface area contributed by atoms with Gasteiger partial charge in [-0.05, 0) is 0 Å². The van der Waals surface area contributed by atoms with Crippen LogP contribution in [0.15, 0.2) is 91.0 Å². The van der Waals surface area contributed by atoms with Crippen LogP contribution in [0, 0.1) is 0 Å². The van der Waals surface area contributed by atoms with Crippen molar-refractivity contribution in [1.82, 2.24) is 0 Å². The molecule has 0 saturated heterocycles. The Bertz CT molecular complexity index is 616. The second-order valence-corrected chi connectivity index (χ2v) is 18.6. The van der Waals surface area contributed by atoms with Crippen LogP contribution in [0.2, 0.25) is 0 Å². The number of benzene rings is 3. The van der Waals surface area contributed by atoms with E-state index in [-0.39, 0.29) is 6.31 Å². The molecule has 3 aromatic carbocycles. The molecule has 0 amide bonds. The van der Waals surface area contributed by atoms with Crippen molar-refractivity contribution in [2.24, 2.45) is 0 Å². The van der Waals surface area contributed by atoms with Crippen LogP contribution < -0.4 is 15.9 Å². The van der Waals surface area contributed by atoms with E-state index in [0.29, 0.717) is 0 Å². The first kappa shape index (κ1) is 15.9. The fourth-order valence-electron chi connectivity index (χ4n) is 3.07. The molecular formula is C19H19BrP2. The Morgan fingerprint density at radius 3 is 1.09 bits per heavy atom. The third-order valence-corrected chi connectivity index (χ3v) is 18.4. The molecule has 112 valence electrons. The Morgan fingerprint density at radius 1 is 0.591 bits per heavy atom. The zero-order valence-electron chi connectivity index (χ0n) is 12.5. The zero-order valence-corrected chi connectivity index (χ0v) is 16.0. The van der Waals surface area contributed by atoms with Gasteiger partial charge < -0.3 is 0 Å². The van der Waals surface area contributed by atoms with Crippen molar-refractivity contribution < 1.29 is 0 Å². The second kappa shape index (κ2) is 7.05. The molecule has 0 heterocycles. The van der Waals surface area contributed by atoms with Gasteiger partial charge >= 0.3 is 142 Å². The molecule has 0 fully saturated rings. The molecule has 0 aliphatic heterocycles. The Kier molecular flexibility index (Phi) is 5.09. The maximum atomic E-state index is 4.03. The van der Waals surface area contributed by atoms with Gasteiger partial charge in [0.1, 0.15) is 0 Å². The van der Waals surface area contributed by atoms with Crippen LogP contribution in [0.1, 0.15) is 0 Å². The van der Waals surface area contributed by atoms with E-state index >= 15 is 0 Å². The van der Waals surface area contributed by atoms with Crippen LogP contribution in [-0.4, -0.2) is 6.66 Å². The summed E-state index contributed by atoms with van der Waals surface area (Å²) < 4.78 is 0. The predicted octanol–water partition coefficient (Wildman–Crippen LogP) is 5.05. The standard InChI is InChI=1S/C19H19BrP2/c1-21(20)22(17-11-5-2-6-12-17,18-13-7-3-8-14-18)19-15-9-4-10-16-19/h2-16,22H,1H3. The fraction of sp³-hybridized carbons (Fsp3) is 0.0526. The first-order chi connectivity index (χ1) is 10.8. The fourth-order valence-corrected chi connectivity index (χ4v) is 17.2. The number of hydrogen-bond acceptors (Lipinski definition) is 0. The van der Waals surface area contributed by atoms with Crippen LogP contribution >= 0.6 is 28.8 Å². The van der Waals surface area contributed by atoms with Crippen LogP contribution in [0.3, 0.4) is 0 Å². The summed E-state index contributed by atoms with van der Waals surface area (Å²) in [6.07, 6.45) is -0.326. The van der Waals surface area contributed by atoms with Gasteiger partial charge in [-0.25, -0.2) is 0 Å². The van der Waals surface area contributed by atoms with E-state index in [0.717, 1.165) is 0 Å². The van der Waals surface area contributed by atoms with Crippen molar-refractivity contribution in [2.75, 3.05) is 6.66 Å². The second-order valence-electron chi connectivity index (χ2n) is 5.29. The minimum absolute atomic E-state index is 0.326. The molecule has 0 bridgehead atoms. The third kappa shape index (κ3) is 2.79. The molecule has 0 aromatic heterocycles. The summed E-state index contributed by atoms with van der Waals surface area (Å²) in [7, 11) is 0. The van der Waals surface area contributed by atoms with Crippen LogP contribution in [0.4, 0.5) is 0 Å². The van der Waals surface area contributed by atoms with E-state index in [4.69, 9.17) is 0 Å². The van der Waals surface area contributed by atoms with Crippen molar-refractivity contribution in [3.8, 4) is 0 Å². The molecule has 3 rings (SSSR count). The molecule has 0 aliphatic carbocycles. The third-order valence-electron chi connectivity index (χ3n) is 4.04. The summed E-state index contributed by atoms with van der Waals surface area (Å²) in [5, 5.41) is 4.41. The molecule has 22 heavy (non-hydrogen) atoms. The zero-order chi connectivity index (χ0) is 15.4. The molecule has 0 spiro atoms. The van der Waals surface area contributed by atoms with E-state index in [1.54, 1.807) is 0 Å². The summed E-state index contributed by atoms with van der Waals surface area (Å²) in [4.78, 5) is 0. The Balaban J connectivity index is 2.34. The molecule has 1 unspecified atom stereocenters. The topological polar surface area (TPSA) is 0 Å². The van der Waals surface area contributed by atoms with Gasteiger partial charge in [-0.3, -0.25) is 0 Å². The van der Waals surface area contributed by atoms with Gasteiger partial charge in [0.25, 0.3) is 0 Å². The van der Waals surface area contributed by atoms with Gasteiger partial charge in [0.05, 0.1) is 0 Å². The molecule has 1 atom stereocenters. The van der Waals surface area contributed by atoms with Crippen molar-refractivity contribution in [3.63, 3.8) is 0 Å². The molecule has 0 saturated carbocycles. The summed E-state index contributed by atoms with van der Waals surface area (Å²) in [6.45, 7) is 0.336. The molecular weight excluding hydrogens is 370 g/mol. The molecule has 0 radical (unpaired) electrons. The minimum atomic E-state index is -2.02. The summed E-state index contributed by atoms with van der Waals surface area (Å²) >= 11 is 4.03. The van der Waals surface area contributed by atoms with Crippen LogP contribution in [0.25, 0.3) is 0 Å². The molecule has 3 heteroatoms. The summed E-state index contributed by atoms with van der Waals surface area (Å²) in [5.41, 5.74) is 0. The van der Waals surface area contributed by atoms with Gasteiger partial charge in [0, 0.05) is 0 Å². The quantitative estimate of drug-likeness (QED) is 0.548. The Hall–Kier alpha value is -1.00. The van der Waals surface area contributed by atoms with Gasteiger partial charge in [0.15, 0.2) is 0 Å². The summed E-state index contributed by atoms with van der Waals surface area (Å²) in [5.74, 6) is 0. The van der Waals surface area contributed by atoms with Crippen molar-refractivity contribution in [2.45, 2.75) is 0 Å². The van der Waals surface area contributed by atoms with Crippen molar-refractivity contribution in [3.05, 3.63) is 91.0 Å². The normalized spacial score (nSPS) is 13.5. The Morgan fingerprint density at radius 2 is 0.864 bits per heavy atom. The van der Waals surface area contributed by atoms with Crippen LogP contribution in [-0.2, 0) is 0 Å². The van der Waals surface area contributed by atoms with Gasteiger partial charge in [-0.15, -0.1) is 0 Å². The maximum absolute atomic E-state index is 4.03. The van der Waals surface area contributed by atoms with Crippen LogP contribution in [0.5, 0.6) is 0 Å². The molecule has 0 aliphatic rings. The van der Waals surface area contributed by atoms with E-state index in [1.165, 1.54) is 15.9 Å². The monoisotopic (exact) mass is 388 g/mol. The average molecular weight is 389 g/mol. The number of rotatable bonds is 4. The van der Waals surface area contributed by atoms with Gasteiger partial charge in [-0.2, -0.15) is 0 Å².